The fourth-order valence-corrected chi connectivity index (χ4v) is 2.62. The second-order valence-electron chi connectivity index (χ2n) is 1.85. The monoisotopic (exact) mass is 364 g/mol. The van der Waals surface area contributed by atoms with E-state index in [1.807, 2.05) is 30.3 Å². The minimum absolute atomic E-state index is 0.886. The zero-order valence-electron chi connectivity index (χ0n) is 5.47. The summed E-state index contributed by atoms with van der Waals surface area (Å²) in [4.78, 5) is 0. The van der Waals surface area contributed by atoms with Crippen molar-refractivity contribution in [3.8, 4) is 5.75 Å². The van der Waals surface area contributed by atoms with Crippen LogP contribution in [0.15, 0.2) is 30.3 Å². The van der Waals surface area contributed by atoms with Crippen LogP contribution in [-0.4, -0.2) is 46.2 Å². The summed E-state index contributed by atoms with van der Waals surface area (Å²) in [6.07, 6.45) is 0. The molecule has 0 fully saturated rings. The van der Waals surface area contributed by atoms with E-state index in [2.05, 4.69) is 46.2 Å². The summed E-state index contributed by atoms with van der Waals surface area (Å²) >= 11 is 8.83. The van der Waals surface area contributed by atoms with Gasteiger partial charge in [-0.2, -0.15) is 0 Å². The third-order valence-corrected chi connectivity index (χ3v) is 2.80. The third kappa shape index (κ3) is 4.55. The summed E-state index contributed by atoms with van der Waals surface area (Å²) in [6.45, 7) is 0. The van der Waals surface area contributed by atoms with Gasteiger partial charge in [0.25, 0.3) is 0 Å². The van der Waals surface area contributed by atoms with Gasteiger partial charge in [-0.05, 0) is 0 Å². The molecule has 0 atom stereocenters. The van der Waals surface area contributed by atoms with E-state index in [1.54, 1.807) is 0 Å². The Labute approximate surface area is 89.4 Å². The van der Waals surface area contributed by atoms with Gasteiger partial charge < -0.3 is 0 Å². The maximum atomic E-state index is 5.55. The number of para-hydroxylation sites is 1. The topological polar surface area (TPSA) is 9.23 Å². The van der Waals surface area contributed by atoms with Crippen molar-refractivity contribution in [3.63, 3.8) is 0 Å². The number of benzene rings is 1. The summed E-state index contributed by atoms with van der Waals surface area (Å²) in [5.41, 5.74) is 0. The molecule has 0 heterocycles. The van der Waals surface area contributed by atoms with E-state index in [0.717, 1.165) is 5.75 Å². The van der Waals surface area contributed by atoms with E-state index >= 15 is 0 Å². The SMILES string of the molecule is [Se]P([Se])(=[Se])Oc1ccccc1. The molecule has 0 aromatic heterocycles. The van der Waals surface area contributed by atoms with E-state index < -0.39 is 3.11 Å². The standard InChI is InChI=1S/C6H5OPSe3/c9-8(10,11)7-6-4-2-1-3-5-6/h1-5H. The molecule has 1 aromatic rings. The van der Waals surface area contributed by atoms with E-state index in [-0.39, 0.29) is 0 Å². The third-order valence-electron chi connectivity index (χ3n) is 0.960. The van der Waals surface area contributed by atoms with Crippen molar-refractivity contribution >= 4 is 49.4 Å². The summed E-state index contributed by atoms with van der Waals surface area (Å²) in [6, 6.07) is 9.72. The fraction of sp³-hybridized carbons (Fsp3) is 0. The van der Waals surface area contributed by atoms with Crippen LogP contribution >= 0.6 is 3.11 Å². The first kappa shape index (κ1) is 10.1. The Bertz CT molecular complexity index is 268. The number of hydrogen-bond donors (Lipinski definition) is 0. The van der Waals surface area contributed by atoms with Crippen LogP contribution in [0.1, 0.15) is 0 Å². The van der Waals surface area contributed by atoms with Crippen LogP contribution in [0.4, 0.5) is 0 Å². The van der Waals surface area contributed by atoms with Gasteiger partial charge in [-0.15, -0.1) is 0 Å². The average molecular weight is 361 g/mol. The zero-order valence-corrected chi connectivity index (χ0v) is 11.5. The first-order valence-corrected chi connectivity index (χ1v) is 11.2. The molecular weight excluding hydrogens is 356 g/mol. The molecule has 0 aliphatic carbocycles. The van der Waals surface area contributed by atoms with Crippen LogP contribution in [0.2, 0.25) is 0 Å². The van der Waals surface area contributed by atoms with Crippen molar-refractivity contribution in [2.75, 3.05) is 0 Å². The molecule has 0 saturated carbocycles. The molecule has 58 valence electrons. The van der Waals surface area contributed by atoms with Crippen molar-refractivity contribution < 1.29 is 4.52 Å². The Balaban J connectivity index is 2.74. The van der Waals surface area contributed by atoms with Crippen LogP contribution in [0.25, 0.3) is 0 Å². The van der Waals surface area contributed by atoms with E-state index in [4.69, 9.17) is 4.52 Å². The van der Waals surface area contributed by atoms with Crippen LogP contribution in [0.5, 0.6) is 5.75 Å². The first-order chi connectivity index (χ1) is 5.08. The Morgan fingerprint density at radius 2 is 1.64 bits per heavy atom. The maximum absolute atomic E-state index is 5.55. The second-order valence-corrected chi connectivity index (χ2v) is 23.2. The van der Waals surface area contributed by atoms with Gasteiger partial charge in [0.2, 0.25) is 0 Å². The Morgan fingerprint density at radius 3 is 2.09 bits per heavy atom. The van der Waals surface area contributed by atoms with E-state index in [9.17, 15) is 0 Å². The van der Waals surface area contributed by atoms with Gasteiger partial charge >= 0.3 is 90.0 Å². The van der Waals surface area contributed by atoms with Crippen molar-refractivity contribution in [2.24, 2.45) is 0 Å². The molecule has 1 nitrogen and oxygen atoms in total. The predicted octanol–water partition coefficient (Wildman–Crippen LogP) is 1.25. The van der Waals surface area contributed by atoms with Crippen LogP contribution in [0.3, 0.4) is 0 Å². The van der Waals surface area contributed by atoms with Crippen molar-refractivity contribution in [2.45, 2.75) is 0 Å². The van der Waals surface area contributed by atoms with Crippen molar-refractivity contribution in [1.82, 2.24) is 0 Å². The molecule has 0 aliphatic heterocycles. The van der Waals surface area contributed by atoms with Gasteiger partial charge in [-0.3, -0.25) is 0 Å². The average Bonchev–Trinajstić information content (AvgIpc) is 1.85. The summed E-state index contributed by atoms with van der Waals surface area (Å²) in [5.74, 6) is 0.886. The molecule has 2 radical (unpaired) electrons. The zero-order chi connectivity index (χ0) is 8.32. The van der Waals surface area contributed by atoms with Gasteiger partial charge in [0.1, 0.15) is 0 Å². The molecule has 0 bridgehead atoms. The molecule has 11 heavy (non-hydrogen) atoms. The van der Waals surface area contributed by atoms with E-state index in [0.29, 0.717) is 0 Å². The van der Waals surface area contributed by atoms with Crippen LogP contribution in [-0.2, 0) is 0 Å². The molecule has 0 spiro atoms. The van der Waals surface area contributed by atoms with E-state index in [1.165, 1.54) is 0 Å². The summed E-state index contributed by atoms with van der Waals surface area (Å²) in [7, 11) is 0. The second kappa shape index (κ2) is 4.30. The van der Waals surface area contributed by atoms with Gasteiger partial charge in [0.05, 0.1) is 0 Å². The summed E-state index contributed by atoms with van der Waals surface area (Å²) in [5, 5.41) is 0. The molecule has 0 saturated heterocycles. The Kier molecular flexibility index (Phi) is 3.95. The van der Waals surface area contributed by atoms with Gasteiger partial charge in [0.15, 0.2) is 0 Å². The van der Waals surface area contributed by atoms with Gasteiger partial charge in [0, 0.05) is 0 Å². The normalized spacial score (nSPS) is 11.1. The molecule has 0 unspecified atom stereocenters. The predicted molar refractivity (Wildman–Crippen MR) is 51.3 cm³/mol. The van der Waals surface area contributed by atoms with Crippen LogP contribution < -0.4 is 4.52 Å². The quantitative estimate of drug-likeness (QED) is 0.569. The molecule has 0 aliphatic rings. The van der Waals surface area contributed by atoms with Crippen molar-refractivity contribution in [1.29, 1.82) is 0 Å². The van der Waals surface area contributed by atoms with Crippen molar-refractivity contribution in [3.05, 3.63) is 30.3 Å². The Hall–Kier alpha value is 1.01. The minimum atomic E-state index is -1.51. The number of rotatable bonds is 2. The molecule has 0 amide bonds. The Morgan fingerprint density at radius 1 is 1.09 bits per heavy atom. The van der Waals surface area contributed by atoms with Gasteiger partial charge in [-0.1, -0.05) is 0 Å². The molecule has 5 heteroatoms. The summed E-state index contributed by atoms with van der Waals surface area (Å²) < 4.78 is 4.03. The number of hydrogen-bond acceptors (Lipinski definition) is 1. The molecular formula is C6H5OPSe3. The molecule has 1 aromatic carbocycles. The molecule has 0 N–H and O–H groups in total. The first-order valence-electron chi connectivity index (χ1n) is 2.85. The van der Waals surface area contributed by atoms with Crippen LogP contribution in [0, 0.1) is 0 Å². The molecule has 1 rings (SSSR count). The fourth-order valence-electron chi connectivity index (χ4n) is 0.610. The van der Waals surface area contributed by atoms with Gasteiger partial charge in [-0.25, -0.2) is 0 Å².